The zero-order valence-electron chi connectivity index (χ0n) is 15.0. The van der Waals surface area contributed by atoms with Crippen molar-refractivity contribution in [2.24, 2.45) is 0 Å². The molecule has 0 atom stereocenters. The molecule has 5 heteroatoms. The predicted molar refractivity (Wildman–Crippen MR) is 103 cm³/mol. The maximum atomic E-state index is 4.59. The van der Waals surface area contributed by atoms with E-state index in [4.69, 9.17) is 0 Å². The summed E-state index contributed by atoms with van der Waals surface area (Å²) in [7, 11) is 0. The first-order valence-electron chi connectivity index (χ1n) is 9.25. The van der Waals surface area contributed by atoms with Crippen LogP contribution in [0.3, 0.4) is 0 Å². The molecule has 1 aliphatic rings. The first-order valence-corrected chi connectivity index (χ1v) is 9.25. The Balaban J connectivity index is 1.30. The lowest BCUT2D eigenvalue weighted by Gasteiger charge is -2.34. The summed E-state index contributed by atoms with van der Waals surface area (Å²) in [5, 5.41) is 0. The second kappa shape index (κ2) is 8.25. The van der Waals surface area contributed by atoms with Crippen LogP contribution in [0, 0.1) is 0 Å². The molecule has 2 aromatic heterocycles. The van der Waals surface area contributed by atoms with Crippen molar-refractivity contribution in [2.75, 3.05) is 26.2 Å². The van der Waals surface area contributed by atoms with Crippen LogP contribution in [0.15, 0.2) is 67.1 Å². The van der Waals surface area contributed by atoms with Crippen molar-refractivity contribution in [1.29, 1.82) is 0 Å². The average Bonchev–Trinajstić information content (AvgIpc) is 3.12. The molecule has 0 saturated carbocycles. The monoisotopic (exact) mass is 347 g/mol. The van der Waals surface area contributed by atoms with Gasteiger partial charge >= 0.3 is 0 Å². The third-order valence-electron chi connectivity index (χ3n) is 4.94. The molecular weight excluding hydrogens is 322 g/mol. The molecular formula is C21H25N5. The van der Waals surface area contributed by atoms with E-state index in [1.54, 1.807) is 0 Å². The van der Waals surface area contributed by atoms with Gasteiger partial charge in [-0.2, -0.15) is 0 Å². The van der Waals surface area contributed by atoms with Crippen LogP contribution in [0.1, 0.15) is 17.1 Å². The zero-order valence-corrected chi connectivity index (χ0v) is 15.0. The zero-order chi connectivity index (χ0) is 17.6. The molecule has 0 radical (unpaired) electrons. The molecule has 0 bridgehead atoms. The molecule has 1 aromatic carbocycles. The van der Waals surface area contributed by atoms with Crippen molar-refractivity contribution in [3.63, 3.8) is 0 Å². The lowest BCUT2D eigenvalue weighted by molar-refractivity contribution is 0.118. The highest BCUT2D eigenvalue weighted by molar-refractivity contribution is 5.15. The third-order valence-corrected chi connectivity index (χ3v) is 4.94. The van der Waals surface area contributed by atoms with Crippen LogP contribution in [0.2, 0.25) is 0 Å². The number of hydrogen-bond donors (Lipinski definition) is 0. The molecule has 0 spiro atoms. The third kappa shape index (κ3) is 4.36. The van der Waals surface area contributed by atoms with Crippen molar-refractivity contribution in [2.45, 2.75) is 19.6 Å². The van der Waals surface area contributed by atoms with E-state index in [2.05, 4.69) is 73.0 Å². The van der Waals surface area contributed by atoms with E-state index in [0.717, 1.165) is 57.3 Å². The number of rotatable bonds is 6. The van der Waals surface area contributed by atoms with E-state index >= 15 is 0 Å². The average molecular weight is 347 g/mol. The van der Waals surface area contributed by atoms with E-state index in [1.165, 1.54) is 5.56 Å². The van der Waals surface area contributed by atoms with Crippen LogP contribution >= 0.6 is 0 Å². The molecule has 5 nitrogen and oxygen atoms in total. The lowest BCUT2D eigenvalue weighted by atomic mass is 10.2. The van der Waals surface area contributed by atoms with Crippen molar-refractivity contribution in [3.05, 3.63) is 84.2 Å². The molecule has 1 aliphatic heterocycles. The number of aromatic nitrogens is 3. The van der Waals surface area contributed by atoms with E-state index in [0.29, 0.717) is 0 Å². The maximum Gasteiger partial charge on any atom is 0.123 e. The summed E-state index contributed by atoms with van der Waals surface area (Å²) in [6.45, 7) is 7.05. The first-order chi connectivity index (χ1) is 12.9. The second-order valence-corrected chi connectivity index (χ2v) is 6.83. The normalized spacial score (nSPS) is 16.0. The van der Waals surface area contributed by atoms with Gasteiger partial charge in [-0.15, -0.1) is 0 Å². The molecule has 0 aliphatic carbocycles. The summed E-state index contributed by atoms with van der Waals surface area (Å²) in [4.78, 5) is 14.0. The number of pyridine rings is 1. The number of benzene rings is 1. The van der Waals surface area contributed by atoms with Crippen LogP contribution in [0.4, 0.5) is 0 Å². The molecule has 1 fully saturated rings. The maximum absolute atomic E-state index is 4.59. The summed E-state index contributed by atoms with van der Waals surface area (Å²) in [5.74, 6) is 1.15. The van der Waals surface area contributed by atoms with E-state index in [1.807, 2.05) is 18.5 Å². The number of imidazole rings is 1. The highest BCUT2D eigenvalue weighted by atomic mass is 15.3. The Kier molecular flexibility index (Phi) is 5.38. The fraction of sp³-hybridized carbons (Fsp3) is 0.333. The van der Waals surface area contributed by atoms with Crippen LogP contribution in [-0.2, 0) is 19.6 Å². The van der Waals surface area contributed by atoms with Gasteiger partial charge in [-0.1, -0.05) is 36.4 Å². The minimum absolute atomic E-state index is 0.885. The molecule has 3 aromatic rings. The Morgan fingerprint density at radius 3 is 2.15 bits per heavy atom. The minimum Gasteiger partial charge on any atom is -0.329 e. The number of hydrogen-bond acceptors (Lipinski definition) is 4. The molecule has 0 unspecified atom stereocenters. The predicted octanol–water partition coefficient (Wildman–Crippen LogP) is 2.64. The Labute approximate surface area is 154 Å². The molecule has 0 N–H and O–H groups in total. The van der Waals surface area contributed by atoms with Crippen LogP contribution in [0.5, 0.6) is 0 Å². The Morgan fingerprint density at radius 1 is 0.692 bits per heavy atom. The van der Waals surface area contributed by atoms with E-state index in [9.17, 15) is 0 Å². The fourth-order valence-electron chi connectivity index (χ4n) is 3.44. The van der Waals surface area contributed by atoms with Gasteiger partial charge in [0.05, 0.1) is 12.2 Å². The van der Waals surface area contributed by atoms with Gasteiger partial charge in [0.25, 0.3) is 0 Å². The van der Waals surface area contributed by atoms with Gasteiger partial charge in [-0.3, -0.25) is 14.8 Å². The van der Waals surface area contributed by atoms with Crippen molar-refractivity contribution < 1.29 is 0 Å². The van der Waals surface area contributed by atoms with Gasteiger partial charge < -0.3 is 4.57 Å². The quantitative estimate of drug-likeness (QED) is 0.687. The number of piperazine rings is 1. The van der Waals surface area contributed by atoms with Gasteiger partial charge in [0, 0.05) is 57.9 Å². The summed E-state index contributed by atoms with van der Waals surface area (Å²) in [6.07, 6.45) is 5.87. The van der Waals surface area contributed by atoms with Gasteiger partial charge in [-0.05, 0) is 17.7 Å². The van der Waals surface area contributed by atoms with Crippen LogP contribution < -0.4 is 0 Å². The minimum atomic E-state index is 0.885. The number of nitrogens with zero attached hydrogens (tertiary/aromatic N) is 5. The summed E-state index contributed by atoms with van der Waals surface area (Å²) < 4.78 is 2.26. The highest BCUT2D eigenvalue weighted by Crippen LogP contribution is 2.11. The van der Waals surface area contributed by atoms with E-state index < -0.39 is 0 Å². The van der Waals surface area contributed by atoms with Crippen molar-refractivity contribution in [3.8, 4) is 0 Å². The smallest absolute Gasteiger partial charge is 0.123 e. The lowest BCUT2D eigenvalue weighted by Crippen LogP contribution is -2.45. The summed E-state index contributed by atoms with van der Waals surface area (Å²) >= 11 is 0. The second-order valence-electron chi connectivity index (χ2n) is 6.83. The van der Waals surface area contributed by atoms with Crippen molar-refractivity contribution in [1.82, 2.24) is 24.3 Å². The van der Waals surface area contributed by atoms with Crippen LogP contribution in [-0.4, -0.2) is 50.5 Å². The highest BCUT2D eigenvalue weighted by Gasteiger charge is 2.18. The molecule has 1 saturated heterocycles. The first kappa shape index (κ1) is 16.9. The Bertz CT molecular complexity index is 792. The van der Waals surface area contributed by atoms with Gasteiger partial charge in [0.15, 0.2) is 0 Å². The Hall–Kier alpha value is -2.50. The van der Waals surface area contributed by atoms with Crippen LogP contribution in [0.25, 0.3) is 0 Å². The van der Waals surface area contributed by atoms with E-state index in [-0.39, 0.29) is 0 Å². The van der Waals surface area contributed by atoms with Gasteiger partial charge in [0.1, 0.15) is 5.82 Å². The summed E-state index contributed by atoms with van der Waals surface area (Å²) in [6, 6.07) is 16.7. The van der Waals surface area contributed by atoms with Gasteiger partial charge in [-0.25, -0.2) is 4.98 Å². The molecule has 0 amide bonds. The standard InChI is InChI=1S/C21H25N5/c1-2-6-19(7-3-1)16-26-11-10-23-21(26)18-25-14-12-24(13-15-25)17-20-8-4-5-9-22-20/h1-11H,12-18H2. The SMILES string of the molecule is c1ccc(Cn2ccnc2CN2CCN(Cc3ccccn3)CC2)cc1. The molecule has 4 rings (SSSR count). The summed E-state index contributed by atoms with van der Waals surface area (Å²) in [5.41, 5.74) is 2.46. The molecule has 134 valence electrons. The fourth-order valence-corrected chi connectivity index (χ4v) is 3.44. The molecule has 26 heavy (non-hydrogen) atoms. The molecule has 3 heterocycles. The largest absolute Gasteiger partial charge is 0.329 e. The topological polar surface area (TPSA) is 37.2 Å². The Morgan fingerprint density at radius 2 is 1.42 bits per heavy atom. The van der Waals surface area contributed by atoms with Gasteiger partial charge in [0.2, 0.25) is 0 Å². The van der Waals surface area contributed by atoms with Crippen molar-refractivity contribution >= 4 is 0 Å².